The van der Waals surface area contributed by atoms with Crippen molar-refractivity contribution in [2.45, 2.75) is 53.0 Å². The van der Waals surface area contributed by atoms with Crippen LogP contribution in [-0.2, 0) is 0 Å². The molecule has 2 N–H and O–H groups in total. The highest BCUT2D eigenvalue weighted by molar-refractivity contribution is 5.90. The summed E-state index contributed by atoms with van der Waals surface area (Å²) in [7, 11) is 0. The van der Waals surface area contributed by atoms with Gasteiger partial charge in [-0.25, -0.2) is 9.97 Å². The Morgan fingerprint density at radius 2 is 2.05 bits per heavy atom. The first kappa shape index (κ1) is 12.5. The van der Waals surface area contributed by atoms with Crippen molar-refractivity contribution in [2.75, 3.05) is 5.73 Å². The summed E-state index contributed by atoms with van der Waals surface area (Å²) < 4.78 is 2.40. The van der Waals surface area contributed by atoms with E-state index >= 15 is 0 Å². The maximum atomic E-state index is 6.04. The number of rotatable bonds is 1. The second kappa shape index (κ2) is 3.95. The summed E-state index contributed by atoms with van der Waals surface area (Å²) in [5.74, 6) is 0.597. The van der Waals surface area contributed by atoms with Crippen molar-refractivity contribution in [2.24, 2.45) is 5.41 Å². The predicted molar refractivity (Wildman–Crippen MR) is 78.1 cm³/mol. The number of fused-ring (bicyclic) bond motifs is 1. The molecule has 1 unspecified atom stereocenters. The molecule has 2 aromatic rings. The van der Waals surface area contributed by atoms with Crippen molar-refractivity contribution in [3.05, 3.63) is 17.6 Å². The van der Waals surface area contributed by atoms with Gasteiger partial charge in [0.15, 0.2) is 0 Å². The van der Waals surface area contributed by atoms with Crippen molar-refractivity contribution in [3.8, 4) is 0 Å². The molecule has 19 heavy (non-hydrogen) atoms. The Balaban J connectivity index is 2.30. The van der Waals surface area contributed by atoms with Gasteiger partial charge in [0, 0.05) is 11.7 Å². The van der Waals surface area contributed by atoms with E-state index in [-0.39, 0.29) is 0 Å². The van der Waals surface area contributed by atoms with E-state index < -0.39 is 0 Å². The Hall–Kier alpha value is -1.58. The third kappa shape index (κ3) is 1.66. The fraction of sp³-hybridized carbons (Fsp3) is 0.600. The number of nitrogens with zero attached hydrogens (tertiary/aromatic N) is 3. The highest BCUT2D eigenvalue weighted by Crippen LogP contribution is 2.48. The molecular weight excluding hydrogens is 236 g/mol. The highest BCUT2D eigenvalue weighted by Gasteiger charge is 2.37. The van der Waals surface area contributed by atoms with Crippen molar-refractivity contribution in [3.63, 3.8) is 0 Å². The van der Waals surface area contributed by atoms with Gasteiger partial charge in [0.2, 0.25) is 0 Å². The molecule has 1 aliphatic rings. The minimum absolute atomic E-state index is 0.322. The first-order valence-corrected chi connectivity index (χ1v) is 7.01. The lowest BCUT2D eigenvalue weighted by atomic mass is 9.87. The monoisotopic (exact) mass is 258 g/mol. The summed E-state index contributed by atoms with van der Waals surface area (Å²) in [6.45, 7) is 9.01. The van der Waals surface area contributed by atoms with Gasteiger partial charge in [-0.1, -0.05) is 20.3 Å². The lowest BCUT2D eigenvalue weighted by Crippen LogP contribution is -2.22. The lowest BCUT2D eigenvalue weighted by molar-refractivity contribution is 0.262. The summed E-state index contributed by atoms with van der Waals surface area (Å²) in [6.07, 6.45) is 5.36. The standard InChI is InChI=1S/C15H22N4/c1-9-10(2)19(11-6-5-7-15(11,3)4)14-12(9)13(16)17-8-18-14/h8,11H,5-7H2,1-4H3,(H2,16,17,18). The average Bonchev–Trinajstić information content (AvgIpc) is 2.80. The Morgan fingerprint density at radius 1 is 1.32 bits per heavy atom. The molecule has 3 rings (SSSR count). The lowest BCUT2D eigenvalue weighted by Gasteiger charge is -2.30. The SMILES string of the molecule is Cc1c(C)n(C2CCCC2(C)C)c2ncnc(N)c12. The molecule has 0 bridgehead atoms. The van der Waals surface area contributed by atoms with Gasteiger partial charge < -0.3 is 10.3 Å². The van der Waals surface area contributed by atoms with Gasteiger partial charge in [0.25, 0.3) is 0 Å². The molecule has 1 aliphatic carbocycles. The van der Waals surface area contributed by atoms with Crippen LogP contribution >= 0.6 is 0 Å². The predicted octanol–water partition coefficient (Wildman–Crippen LogP) is 3.38. The van der Waals surface area contributed by atoms with Crippen LogP contribution in [0.4, 0.5) is 5.82 Å². The van der Waals surface area contributed by atoms with E-state index in [2.05, 4.69) is 42.2 Å². The van der Waals surface area contributed by atoms with Crippen LogP contribution in [0.2, 0.25) is 0 Å². The third-order valence-electron chi connectivity index (χ3n) is 4.88. The quantitative estimate of drug-likeness (QED) is 0.853. The number of aryl methyl sites for hydroxylation is 1. The Morgan fingerprint density at radius 3 is 2.68 bits per heavy atom. The maximum Gasteiger partial charge on any atom is 0.146 e. The molecule has 0 saturated heterocycles. The van der Waals surface area contributed by atoms with E-state index in [0.29, 0.717) is 17.3 Å². The van der Waals surface area contributed by atoms with Crippen LogP contribution in [-0.4, -0.2) is 14.5 Å². The zero-order valence-electron chi connectivity index (χ0n) is 12.2. The smallest absolute Gasteiger partial charge is 0.146 e. The van der Waals surface area contributed by atoms with Gasteiger partial charge in [-0.3, -0.25) is 0 Å². The minimum atomic E-state index is 0.322. The number of nitrogen functional groups attached to an aromatic ring is 1. The molecule has 0 radical (unpaired) electrons. The molecule has 0 spiro atoms. The van der Waals surface area contributed by atoms with Crippen molar-refractivity contribution >= 4 is 16.9 Å². The van der Waals surface area contributed by atoms with Crippen molar-refractivity contribution in [1.82, 2.24) is 14.5 Å². The van der Waals surface area contributed by atoms with Gasteiger partial charge in [-0.05, 0) is 37.7 Å². The average molecular weight is 258 g/mol. The molecule has 4 heteroatoms. The zero-order chi connectivity index (χ0) is 13.8. The van der Waals surface area contributed by atoms with Crippen LogP contribution in [0.3, 0.4) is 0 Å². The molecule has 1 saturated carbocycles. The topological polar surface area (TPSA) is 56.7 Å². The van der Waals surface area contributed by atoms with Crippen molar-refractivity contribution < 1.29 is 0 Å². The fourth-order valence-electron chi connectivity index (χ4n) is 3.62. The molecule has 0 amide bonds. The van der Waals surface area contributed by atoms with Crippen LogP contribution in [0.1, 0.15) is 50.4 Å². The minimum Gasteiger partial charge on any atom is -0.383 e. The van der Waals surface area contributed by atoms with Crippen LogP contribution in [0, 0.1) is 19.3 Å². The molecule has 4 nitrogen and oxygen atoms in total. The number of aromatic nitrogens is 3. The maximum absolute atomic E-state index is 6.04. The van der Waals surface area contributed by atoms with Gasteiger partial charge >= 0.3 is 0 Å². The molecule has 102 valence electrons. The first-order chi connectivity index (χ1) is 8.93. The highest BCUT2D eigenvalue weighted by atomic mass is 15.1. The molecule has 1 atom stereocenters. The van der Waals surface area contributed by atoms with E-state index in [4.69, 9.17) is 5.73 Å². The van der Waals surface area contributed by atoms with Crippen LogP contribution in [0.25, 0.3) is 11.0 Å². The van der Waals surface area contributed by atoms with Gasteiger partial charge in [0.05, 0.1) is 5.39 Å². The summed E-state index contributed by atoms with van der Waals surface area (Å²) >= 11 is 0. The Bertz CT molecular complexity index is 639. The molecule has 0 aliphatic heterocycles. The largest absolute Gasteiger partial charge is 0.383 e. The summed E-state index contributed by atoms with van der Waals surface area (Å²) in [5, 5.41) is 1.03. The Labute approximate surface area is 114 Å². The second-order valence-electron chi connectivity index (χ2n) is 6.43. The number of hydrogen-bond acceptors (Lipinski definition) is 3. The van der Waals surface area contributed by atoms with E-state index in [1.807, 2.05) is 0 Å². The van der Waals surface area contributed by atoms with E-state index in [1.54, 1.807) is 6.33 Å². The molecule has 2 aromatic heterocycles. The van der Waals surface area contributed by atoms with Crippen molar-refractivity contribution in [1.29, 1.82) is 0 Å². The summed E-state index contributed by atoms with van der Waals surface area (Å²) in [6, 6.07) is 0.512. The summed E-state index contributed by atoms with van der Waals surface area (Å²) in [5.41, 5.74) is 9.86. The fourth-order valence-corrected chi connectivity index (χ4v) is 3.62. The van der Waals surface area contributed by atoms with Gasteiger partial charge in [-0.15, -0.1) is 0 Å². The summed E-state index contributed by atoms with van der Waals surface area (Å²) in [4.78, 5) is 8.64. The van der Waals surface area contributed by atoms with Crippen LogP contribution < -0.4 is 5.73 Å². The normalized spacial score (nSPS) is 22.2. The molecule has 0 aromatic carbocycles. The second-order valence-corrected chi connectivity index (χ2v) is 6.43. The number of hydrogen-bond donors (Lipinski definition) is 1. The first-order valence-electron chi connectivity index (χ1n) is 7.01. The third-order valence-corrected chi connectivity index (χ3v) is 4.88. The molecular formula is C15H22N4. The molecule has 1 fully saturated rings. The van der Waals surface area contributed by atoms with Gasteiger partial charge in [-0.2, -0.15) is 0 Å². The number of anilines is 1. The van der Waals surface area contributed by atoms with Crippen LogP contribution in [0.5, 0.6) is 0 Å². The van der Waals surface area contributed by atoms with E-state index in [0.717, 1.165) is 11.0 Å². The number of nitrogens with two attached hydrogens (primary N) is 1. The van der Waals surface area contributed by atoms with Crippen LogP contribution in [0.15, 0.2) is 6.33 Å². The molecule has 2 heterocycles. The zero-order valence-corrected chi connectivity index (χ0v) is 12.2. The van der Waals surface area contributed by atoms with Gasteiger partial charge in [0.1, 0.15) is 17.8 Å². The Kier molecular flexibility index (Phi) is 2.59. The van der Waals surface area contributed by atoms with E-state index in [9.17, 15) is 0 Å². The van der Waals surface area contributed by atoms with E-state index in [1.165, 1.54) is 30.5 Å².